The van der Waals surface area contributed by atoms with E-state index in [9.17, 15) is 18.9 Å². The Morgan fingerprint density at radius 2 is 1.80 bits per heavy atom. The van der Waals surface area contributed by atoms with Crippen LogP contribution >= 0.6 is 7.37 Å². The molecule has 1 aromatic heterocycles. The second-order valence-corrected chi connectivity index (χ2v) is 10.5. The van der Waals surface area contributed by atoms with Gasteiger partial charge in [-0.2, -0.15) is 0 Å². The monoisotopic (exact) mass is 498 g/mol. The van der Waals surface area contributed by atoms with Gasteiger partial charge in [0.2, 0.25) is 0 Å². The number of imidazole rings is 1. The van der Waals surface area contributed by atoms with Crippen molar-refractivity contribution in [2.75, 3.05) is 20.4 Å². The molecule has 0 aliphatic heterocycles. The molecule has 3 aromatic rings. The summed E-state index contributed by atoms with van der Waals surface area (Å²) in [5.74, 6) is 2.53. The molecule has 3 rings (SSSR count). The lowest BCUT2D eigenvalue weighted by molar-refractivity contribution is -0.142. The maximum absolute atomic E-state index is 13.7. The molecule has 0 bridgehead atoms. The van der Waals surface area contributed by atoms with Crippen LogP contribution in [0.15, 0.2) is 54.6 Å². The van der Waals surface area contributed by atoms with E-state index in [-0.39, 0.29) is 24.3 Å². The highest BCUT2D eigenvalue weighted by molar-refractivity contribution is 7.64. The molecule has 0 aliphatic carbocycles. The van der Waals surface area contributed by atoms with E-state index < -0.39 is 19.4 Å². The van der Waals surface area contributed by atoms with Crippen LogP contribution in [0.5, 0.6) is 0 Å². The number of rotatable bonds is 8. The standard InChI is InChI=1S/C26H28FN2O5P/c1-18(2)25-23(14-15-35(32,34-4)17-22(30)16-24(31)33-3)29(21-12-10-20(27)11-13-21)26(28-25)19-8-6-5-7-9-19/h5-13,18,22,30H,16-17H2,1-4H3/t22-,35?/m0/s1. The number of aliphatic hydroxyl groups is 1. The molecule has 0 spiro atoms. The van der Waals surface area contributed by atoms with Crippen molar-refractivity contribution in [1.29, 1.82) is 0 Å². The minimum atomic E-state index is -3.64. The molecule has 1 unspecified atom stereocenters. The zero-order valence-electron chi connectivity index (χ0n) is 20.1. The third kappa shape index (κ3) is 6.46. The number of aromatic nitrogens is 2. The topological polar surface area (TPSA) is 90.7 Å². The van der Waals surface area contributed by atoms with Crippen LogP contribution in [0.25, 0.3) is 17.1 Å². The molecule has 184 valence electrons. The van der Waals surface area contributed by atoms with Crippen molar-refractivity contribution < 1.29 is 28.1 Å². The molecule has 0 radical (unpaired) electrons. The zero-order chi connectivity index (χ0) is 25.6. The van der Waals surface area contributed by atoms with Gasteiger partial charge in [0.25, 0.3) is 7.37 Å². The largest absolute Gasteiger partial charge is 0.469 e. The molecule has 7 nitrogen and oxygen atoms in total. The van der Waals surface area contributed by atoms with Crippen molar-refractivity contribution in [2.24, 2.45) is 0 Å². The average molecular weight is 498 g/mol. The number of benzene rings is 2. The van der Waals surface area contributed by atoms with Crippen molar-refractivity contribution in [3.63, 3.8) is 0 Å². The van der Waals surface area contributed by atoms with Gasteiger partial charge in [-0.15, -0.1) is 0 Å². The maximum atomic E-state index is 13.7. The van der Waals surface area contributed by atoms with Gasteiger partial charge in [-0.1, -0.05) is 44.2 Å². The van der Waals surface area contributed by atoms with Crippen LogP contribution in [0.4, 0.5) is 4.39 Å². The van der Waals surface area contributed by atoms with Crippen LogP contribution < -0.4 is 0 Å². The fourth-order valence-electron chi connectivity index (χ4n) is 3.50. The molecule has 0 fully saturated rings. The molecule has 35 heavy (non-hydrogen) atoms. The van der Waals surface area contributed by atoms with E-state index in [0.29, 0.717) is 22.9 Å². The Morgan fingerprint density at radius 3 is 2.37 bits per heavy atom. The van der Waals surface area contributed by atoms with Crippen molar-refractivity contribution in [2.45, 2.75) is 32.3 Å². The van der Waals surface area contributed by atoms with Gasteiger partial charge in [0.05, 0.1) is 31.5 Å². The van der Waals surface area contributed by atoms with Crippen LogP contribution in [0, 0.1) is 17.4 Å². The summed E-state index contributed by atoms with van der Waals surface area (Å²) in [4.78, 5) is 16.3. The third-order valence-electron chi connectivity index (χ3n) is 5.29. The molecule has 1 N–H and O–H groups in total. The molecule has 1 heterocycles. The number of hydrogen-bond acceptors (Lipinski definition) is 6. The van der Waals surface area contributed by atoms with Crippen LogP contribution in [0.1, 0.15) is 37.6 Å². The lowest BCUT2D eigenvalue weighted by Crippen LogP contribution is -2.18. The SMILES string of the molecule is COC(=O)C[C@H](O)CP(=O)(C#Cc1c(C(C)C)nc(-c2ccccc2)n1-c1ccc(F)cc1)OC. The van der Waals surface area contributed by atoms with E-state index in [1.165, 1.54) is 26.4 Å². The van der Waals surface area contributed by atoms with Crippen LogP contribution in [0.2, 0.25) is 0 Å². The number of ether oxygens (including phenoxy) is 1. The number of carbonyl (C=O) groups excluding carboxylic acids is 1. The second-order valence-electron chi connectivity index (χ2n) is 8.21. The summed E-state index contributed by atoms with van der Waals surface area (Å²) in [6.07, 6.45) is -1.90. The highest BCUT2D eigenvalue weighted by Crippen LogP contribution is 2.46. The highest BCUT2D eigenvalue weighted by Gasteiger charge is 2.27. The lowest BCUT2D eigenvalue weighted by atomic mass is 10.1. The van der Waals surface area contributed by atoms with E-state index in [1.54, 1.807) is 16.7 Å². The lowest BCUT2D eigenvalue weighted by Gasteiger charge is -2.14. The Hall–Kier alpha value is -3.24. The van der Waals surface area contributed by atoms with Gasteiger partial charge in [-0.05, 0) is 41.8 Å². The number of esters is 1. The summed E-state index contributed by atoms with van der Waals surface area (Å²) in [5, 5.41) is 10.2. The first-order valence-electron chi connectivity index (χ1n) is 11.0. The van der Waals surface area contributed by atoms with Gasteiger partial charge in [0, 0.05) is 18.4 Å². The molecule has 2 aromatic carbocycles. The van der Waals surface area contributed by atoms with Crippen molar-refractivity contribution in [3.05, 3.63) is 71.8 Å². The number of halogens is 1. The summed E-state index contributed by atoms with van der Waals surface area (Å²) in [6.45, 7) is 3.93. The van der Waals surface area contributed by atoms with Gasteiger partial charge in [-0.3, -0.25) is 13.9 Å². The first kappa shape index (κ1) is 26.4. The van der Waals surface area contributed by atoms with Gasteiger partial charge >= 0.3 is 5.97 Å². The van der Waals surface area contributed by atoms with Gasteiger partial charge in [0.1, 0.15) is 17.3 Å². The fraction of sp³-hybridized carbons (Fsp3) is 0.308. The van der Waals surface area contributed by atoms with Crippen molar-refractivity contribution >= 4 is 13.3 Å². The van der Waals surface area contributed by atoms with Crippen molar-refractivity contribution in [3.8, 4) is 28.7 Å². The zero-order valence-corrected chi connectivity index (χ0v) is 21.0. The minimum Gasteiger partial charge on any atom is -0.469 e. The Bertz CT molecular complexity index is 1280. The molecule has 0 saturated carbocycles. The summed E-state index contributed by atoms with van der Waals surface area (Å²) in [6, 6.07) is 15.4. The van der Waals surface area contributed by atoms with E-state index in [1.807, 2.05) is 44.2 Å². The first-order valence-corrected chi connectivity index (χ1v) is 12.9. The molecular formula is C26H28FN2O5P. The van der Waals surface area contributed by atoms with Gasteiger partial charge in [0.15, 0.2) is 0 Å². The summed E-state index contributed by atoms with van der Waals surface area (Å²) < 4.78 is 38.5. The van der Waals surface area contributed by atoms with E-state index in [0.717, 1.165) is 5.56 Å². The van der Waals surface area contributed by atoms with E-state index >= 15 is 0 Å². The molecule has 9 heteroatoms. The molecule has 0 amide bonds. The maximum Gasteiger partial charge on any atom is 0.308 e. The van der Waals surface area contributed by atoms with E-state index in [2.05, 4.69) is 16.3 Å². The van der Waals surface area contributed by atoms with Gasteiger partial charge in [-0.25, -0.2) is 9.37 Å². The first-order chi connectivity index (χ1) is 16.7. The average Bonchev–Trinajstić information content (AvgIpc) is 3.23. The smallest absolute Gasteiger partial charge is 0.308 e. The summed E-state index contributed by atoms with van der Waals surface area (Å²) in [5.41, 5.74) is 5.30. The van der Waals surface area contributed by atoms with Crippen LogP contribution in [0.3, 0.4) is 0 Å². The highest BCUT2D eigenvalue weighted by atomic mass is 31.2. The molecule has 0 saturated heterocycles. The predicted octanol–water partition coefficient (Wildman–Crippen LogP) is 4.96. The minimum absolute atomic E-state index is 0.0321. The second kappa shape index (κ2) is 11.5. The predicted molar refractivity (Wildman–Crippen MR) is 132 cm³/mol. The van der Waals surface area contributed by atoms with Crippen LogP contribution in [-0.2, 0) is 18.6 Å². The fourth-order valence-corrected chi connectivity index (χ4v) is 4.80. The van der Waals surface area contributed by atoms with Crippen LogP contribution in [-0.4, -0.2) is 47.1 Å². The number of methoxy groups -OCH3 is 1. The molecule has 0 aliphatic rings. The number of aliphatic hydroxyl groups excluding tert-OH is 1. The Kier molecular flexibility index (Phi) is 8.63. The Balaban J connectivity index is 2.17. The Labute approximate surface area is 204 Å². The number of nitrogens with zero attached hydrogens (tertiary/aromatic N) is 2. The van der Waals surface area contributed by atoms with Gasteiger partial charge < -0.3 is 14.4 Å². The number of carbonyl (C=O) groups is 1. The van der Waals surface area contributed by atoms with E-state index in [4.69, 9.17) is 9.51 Å². The normalized spacial score (nSPS) is 13.6. The summed E-state index contributed by atoms with van der Waals surface area (Å²) in [7, 11) is -1.19. The molecular weight excluding hydrogens is 470 g/mol. The summed E-state index contributed by atoms with van der Waals surface area (Å²) >= 11 is 0. The third-order valence-corrected chi connectivity index (χ3v) is 7.23. The van der Waals surface area contributed by atoms with Crippen molar-refractivity contribution in [1.82, 2.24) is 9.55 Å². The Morgan fingerprint density at radius 1 is 1.14 bits per heavy atom. The quantitative estimate of drug-likeness (QED) is 0.268. The molecule has 2 atom stereocenters. The number of hydrogen-bond donors (Lipinski definition) is 1.